The number of rotatable bonds is 7. The molecular formula is C15H20N2O7. The second-order valence-corrected chi connectivity index (χ2v) is 5.59. The molecule has 0 aromatic heterocycles. The predicted molar refractivity (Wildman–Crippen MR) is 80.0 cm³/mol. The molecule has 2 aliphatic rings. The molecule has 3 atom stereocenters. The van der Waals surface area contributed by atoms with Crippen molar-refractivity contribution in [1.29, 1.82) is 0 Å². The van der Waals surface area contributed by atoms with Crippen LogP contribution in [0.2, 0.25) is 0 Å². The highest BCUT2D eigenvalue weighted by Gasteiger charge is 2.31. The summed E-state index contributed by atoms with van der Waals surface area (Å²) in [4.78, 5) is 34.9. The van der Waals surface area contributed by atoms with Crippen LogP contribution in [0.5, 0.6) is 0 Å². The van der Waals surface area contributed by atoms with Gasteiger partial charge in [0.15, 0.2) is 6.10 Å². The Kier molecular flexibility index (Phi) is 5.93. The third-order valence-corrected chi connectivity index (χ3v) is 3.71. The van der Waals surface area contributed by atoms with Gasteiger partial charge in [-0.25, -0.2) is 4.79 Å². The first-order chi connectivity index (χ1) is 11.4. The SMILES string of the molecule is NC(=O)C1=CN(C2CCC(COC(=O)C(O)CC(=O)O)O2)C=CC1. The van der Waals surface area contributed by atoms with Crippen LogP contribution in [0.25, 0.3) is 0 Å². The van der Waals surface area contributed by atoms with E-state index in [-0.39, 0.29) is 18.9 Å². The number of hydrogen-bond acceptors (Lipinski definition) is 7. The summed E-state index contributed by atoms with van der Waals surface area (Å²) in [6, 6.07) is 0. The number of esters is 1. The molecule has 0 saturated carbocycles. The maximum Gasteiger partial charge on any atom is 0.335 e. The summed E-state index contributed by atoms with van der Waals surface area (Å²) in [5.41, 5.74) is 5.75. The second kappa shape index (κ2) is 7.93. The number of carboxylic acids is 1. The number of hydrogen-bond donors (Lipinski definition) is 3. The van der Waals surface area contributed by atoms with E-state index < -0.39 is 30.4 Å². The Morgan fingerprint density at radius 2 is 2.17 bits per heavy atom. The normalized spacial score (nSPS) is 24.4. The number of carbonyl (C=O) groups is 3. The Morgan fingerprint density at radius 1 is 1.42 bits per heavy atom. The van der Waals surface area contributed by atoms with E-state index in [1.807, 2.05) is 0 Å². The summed E-state index contributed by atoms with van der Waals surface area (Å²) in [6.45, 7) is -0.0735. The van der Waals surface area contributed by atoms with Gasteiger partial charge in [0.2, 0.25) is 5.91 Å². The van der Waals surface area contributed by atoms with Crippen LogP contribution in [-0.2, 0) is 23.9 Å². The van der Waals surface area contributed by atoms with Crippen LogP contribution in [0, 0.1) is 0 Å². The van der Waals surface area contributed by atoms with E-state index in [1.54, 1.807) is 23.4 Å². The minimum absolute atomic E-state index is 0.0735. The first kappa shape index (κ1) is 18.0. The highest BCUT2D eigenvalue weighted by atomic mass is 16.6. The number of allylic oxidation sites excluding steroid dienone is 1. The summed E-state index contributed by atoms with van der Waals surface area (Å²) < 4.78 is 10.6. The molecule has 9 nitrogen and oxygen atoms in total. The highest BCUT2D eigenvalue weighted by Crippen LogP contribution is 2.26. The number of aliphatic carboxylic acids is 1. The van der Waals surface area contributed by atoms with Crippen molar-refractivity contribution in [1.82, 2.24) is 4.90 Å². The lowest BCUT2D eigenvalue weighted by molar-refractivity contribution is -0.162. The Labute approximate surface area is 138 Å². The maximum absolute atomic E-state index is 11.5. The van der Waals surface area contributed by atoms with Crippen molar-refractivity contribution in [3.63, 3.8) is 0 Å². The number of carboxylic acid groups (broad SMARTS) is 1. The van der Waals surface area contributed by atoms with Crippen LogP contribution >= 0.6 is 0 Å². The number of nitrogens with two attached hydrogens (primary N) is 1. The summed E-state index contributed by atoms with van der Waals surface area (Å²) >= 11 is 0. The van der Waals surface area contributed by atoms with Gasteiger partial charge in [-0.1, -0.05) is 6.08 Å². The zero-order valence-electron chi connectivity index (χ0n) is 13.0. The summed E-state index contributed by atoms with van der Waals surface area (Å²) in [5, 5.41) is 17.8. The first-order valence-corrected chi connectivity index (χ1v) is 7.53. The van der Waals surface area contributed by atoms with Crippen LogP contribution in [0.3, 0.4) is 0 Å². The quantitative estimate of drug-likeness (QED) is 0.525. The molecule has 2 heterocycles. The van der Waals surface area contributed by atoms with E-state index in [9.17, 15) is 19.5 Å². The lowest BCUT2D eigenvalue weighted by Crippen LogP contribution is -2.32. The number of nitrogens with zero attached hydrogens (tertiary/aromatic N) is 1. The molecule has 132 valence electrons. The van der Waals surface area contributed by atoms with E-state index in [0.29, 0.717) is 24.8 Å². The zero-order chi connectivity index (χ0) is 17.7. The molecule has 0 aromatic rings. The fourth-order valence-electron chi connectivity index (χ4n) is 2.47. The number of aliphatic hydroxyl groups is 1. The molecule has 1 amide bonds. The number of ether oxygens (including phenoxy) is 2. The highest BCUT2D eigenvalue weighted by molar-refractivity contribution is 5.92. The predicted octanol–water partition coefficient (Wildman–Crippen LogP) is -0.541. The monoisotopic (exact) mass is 340 g/mol. The summed E-state index contributed by atoms with van der Waals surface area (Å²) in [6.07, 6.45) is 3.93. The van der Waals surface area contributed by atoms with E-state index in [0.717, 1.165) is 0 Å². The Morgan fingerprint density at radius 3 is 2.83 bits per heavy atom. The fraction of sp³-hybridized carbons (Fsp3) is 0.533. The van der Waals surface area contributed by atoms with Crippen molar-refractivity contribution < 1.29 is 34.1 Å². The van der Waals surface area contributed by atoms with Crippen molar-refractivity contribution in [2.45, 2.75) is 44.1 Å². The molecule has 2 aliphatic heterocycles. The molecule has 2 rings (SSSR count). The van der Waals surface area contributed by atoms with Gasteiger partial charge >= 0.3 is 11.9 Å². The van der Waals surface area contributed by atoms with Gasteiger partial charge in [-0.15, -0.1) is 0 Å². The fourth-order valence-corrected chi connectivity index (χ4v) is 2.47. The number of carbonyl (C=O) groups excluding carboxylic acids is 2. The van der Waals surface area contributed by atoms with Crippen molar-refractivity contribution >= 4 is 17.8 Å². The van der Waals surface area contributed by atoms with Crippen LogP contribution in [0.1, 0.15) is 25.7 Å². The lowest BCUT2D eigenvalue weighted by Gasteiger charge is -2.27. The minimum Gasteiger partial charge on any atom is -0.481 e. The van der Waals surface area contributed by atoms with Gasteiger partial charge in [0.25, 0.3) is 0 Å². The molecule has 24 heavy (non-hydrogen) atoms. The van der Waals surface area contributed by atoms with Crippen LogP contribution in [0.4, 0.5) is 0 Å². The molecule has 0 bridgehead atoms. The van der Waals surface area contributed by atoms with Crippen LogP contribution in [-0.4, -0.2) is 58.0 Å². The largest absolute Gasteiger partial charge is 0.481 e. The van der Waals surface area contributed by atoms with Gasteiger partial charge in [-0.05, 0) is 19.3 Å². The standard InChI is InChI=1S/C15H20N2O7/c16-14(21)9-2-1-5-17(7-9)12-4-3-10(24-12)8-23-15(22)11(18)6-13(19)20/h1,5,7,10-12,18H,2-4,6,8H2,(H2,16,21)(H,19,20). The molecule has 1 fully saturated rings. The molecule has 9 heteroatoms. The molecule has 0 aromatic carbocycles. The van der Waals surface area contributed by atoms with Crippen LogP contribution in [0.15, 0.2) is 24.0 Å². The van der Waals surface area contributed by atoms with E-state index >= 15 is 0 Å². The molecule has 0 radical (unpaired) electrons. The molecule has 3 unspecified atom stereocenters. The molecule has 0 spiro atoms. The second-order valence-electron chi connectivity index (χ2n) is 5.59. The van der Waals surface area contributed by atoms with E-state index in [1.165, 1.54) is 0 Å². The number of primary amides is 1. The van der Waals surface area contributed by atoms with E-state index in [2.05, 4.69) is 0 Å². The number of amides is 1. The molecule has 4 N–H and O–H groups in total. The van der Waals surface area contributed by atoms with Crippen LogP contribution < -0.4 is 5.73 Å². The maximum atomic E-state index is 11.5. The summed E-state index contributed by atoms with van der Waals surface area (Å²) in [7, 11) is 0. The van der Waals surface area contributed by atoms with Gasteiger partial charge in [-0.2, -0.15) is 0 Å². The molecule has 0 aliphatic carbocycles. The Balaban J connectivity index is 1.80. The lowest BCUT2D eigenvalue weighted by atomic mass is 10.1. The minimum atomic E-state index is -1.69. The van der Waals surface area contributed by atoms with Gasteiger partial charge in [-0.3, -0.25) is 9.59 Å². The Bertz CT molecular complexity index is 572. The smallest absolute Gasteiger partial charge is 0.335 e. The van der Waals surface area contributed by atoms with Gasteiger partial charge < -0.3 is 30.3 Å². The number of aliphatic hydroxyl groups excluding tert-OH is 1. The van der Waals surface area contributed by atoms with Crippen molar-refractivity contribution in [3.05, 3.63) is 24.0 Å². The topological polar surface area (TPSA) is 139 Å². The first-order valence-electron chi connectivity index (χ1n) is 7.53. The molecular weight excluding hydrogens is 320 g/mol. The third-order valence-electron chi connectivity index (χ3n) is 3.71. The van der Waals surface area contributed by atoms with E-state index in [4.69, 9.17) is 20.3 Å². The molecule has 1 saturated heterocycles. The van der Waals surface area contributed by atoms with Gasteiger partial charge in [0.1, 0.15) is 12.8 Å². The average Bonchev–Trinajstić information content (AvgIpc) is 3.01. The van der Waals surface area contributed by atoms with Crippen molar-refractivity contribution in [2.75, 3.05) is 6.61 Å². The van der Waals surface area contributed by atoms with Crippen molar-refractivity contribution in [2.24, 2.45) is 5.73 Å². The zero-order valence-corrected chi connectivity index (χ0v) is 13.0. The van der Waals surface area contributed by atoms with Gasteiger partial charge in [0.05, 0.1) is 12.5 Å². The third kappa shape index (κ3) is 4.80. The average molecular weight is 340 g/mol. The Hall–Kier alpha value is -2.39. The van der Waals surface area contributed by atoms with Crippen molar-refractivity contribution in [3.8, 4) is 0 Å². The summed E-state index contributed by atoms with van der Waals surface area (Å²) in [5.74, 6) is -2.76. The van der Waals surface area contributed by atoms with Gasteiger partial charge in [0, 0.05) is 18.0 Å².